The van der Waals surface area contributed by atoms with Gasteiger partial charge in [0.05, 0.1) is 23.4 Å². The van der Waals surface area contributed by atoms with Crippen LogP contribution in [0.25, 0.3) is 0 Å². The van der Waals surface area contributed by atoms with Crippen LogP contribution in [0, 0.1) is 0 Å². The van der Waals surface area contributed by atoms with Crippen molar-refractivity contribution in [3.8, 4) is 5.75 Å². The molecule has 0 radical (unpaired) electrons. The number of amides is 1. The van der Waals surface area contributed by atoms with Crippen LogP contribution in [0.2, 0.25) is 0 Å². The fraction of sp³-hybridized carbons (Fsp3) is 0.300. The standard InChI is InChI=1S/C10H14N2O4S2/c1-16-9-4-3-7(18(11,14)15)5-8(9)12-10(13)6-17-2/h3-5H,6H2,1-2H3,(H,12,13)(H2,11,14,15). The second-order valence-electron chi connectivity index (χ2n) is 3.39. The molecule has 1 rings (SSSR count). The van der Waals surface area contributed by atoms with E-state index < -0.39 is 10.0 Å². The SMILES string of the molecule is COc1ccc(S(N)(=O)=O)cc1NC(=O)CSC. The minimum absolute atomic E-state index is 0.0808. The lowest BCUT2D eigenvalue weighted by molar-refractivity contribution is -0.113. The molecule has 0 aromatic heterocycles. The Labute approximate surface area is 110 Å². The molecule has 0 fully saturated rings. The van der Waals surface area contributed by atoms with Crippen LogP contribution in [0.3, 0.4) is 0 Å². The van der Waals surface area contributed by atoms with Gasteiger partial charge >= 0.3 is 0 Å². The fourth-order valence-electron chi connectivity index (χ4n) is 1.28. The summed E-state index contributed by atoms with van der Waals surface area (Å²) in [4.78, 5) is 11.4. The van der Waals surface area contributed by atoms with E-state index >= 15 is 0 Å². The molecule has 8 heteroatoms. The smallest absolute Gasteiger partial charge is 0.238 e. The molecule has 6 nitrogen and oxygen atoms in total. The molecule has 0 bridgehead atoms. The summed E-state index contributed by atoms with van der Waals surface area (Å²) in [5.41, 5.74) is 0.281. The number of benzene rings is 1. The summed E-state index contributed by atoms with van der Waals surface area (Å²) < 4.78 is 27.5. The first kappa shape index (κ1) is 14.8. The van der Waals surface area contributed by atoms with Crippen molar-refractivity contribution in [1.82, 2.24) is 0 Å². The number of hydrogen-bond acceptors (Lipinski definition) is 5. The Kier molecular flexibility index (Phi) is 5.00. The van der Waals surface area contributed by atoms with Gasteiger partial charge in [-0.1, -0.05) is 0 Å². The molecule has 1 aromatic carbocycles. The van der Waals surface area contributed by atoms with Crippen molar-refractivity contribution in [2.75, 3.05) is 24.4 Å². The number of ether oxygens (including phenoxy) is 1. The molecule has 0 saturated heterocycles. The quantitative estimate of drug-likeness (QED) is 0.829. The van der Waals surface area contributed by atoms with Crippen molar-refractivity contribution < 1.29 is 17.9 Å². The first-order chi connectivity index (χ1) is 8.38. The van der Waals surface area contributed by atoms with E-state index in [1.165, 1.54) is 37.1 Å². The molecule has 1 amide bonds. The number of carbonyl (C=O) groups excluding carboxylic acids is 1. The van der Waals surface area contributed by atoms with E-state index in [0.29, 0.717) is 5.75 Å². The van der Waals surface area contributed by atoms with Crippen molar-refractivity contribution >= 4 is 33.4 Å². The van der Waals surface area contributed by atoms with Crippen molar-refractivity contribution in [2.45, 2.75) is 4.90 Å². The highest BCUT2D eigenvalue weighted by Gasteiger charge is 2.13. The Morgan fingerprint density at radius 3 is 2.67 bits per heavy atom. The second-order valence-corrected chi connectivity index (χ2v) is 5.82. The van der Waals surface area contributed by atoms with Crippen molar-refractivity contribution in [3.63, 3.8) is 0 Å². The number of thioether (sulfide) groups is 1. The first-order valence-electron chi connectivity index (χ1n) is 4.88. The summed E-state index contributed by atoms with van der Waals surface area (Å²) in [7, 11) is -2.38. The van der Waals surface area contributed by atoms with E-state index in [1.807, 2.05) is 0 Å². The third-order valence-corrected chi connectivity index (χ3v) is 3.51. The monoisotopic (exact) mass is 290 g/mol. The van der Waals surface area contributed by atoms with E-state index in [2.05, 4.69) is 5.32 Å². The molecule has 0 saturated carbocycles. The number of nitrogens with two attached hydrogens (primary N) is 1. The summed E-state index contributed by atoms with van der Waals surface area (Å²) in [6.07, 6.45) is 1.79. The molecular weight excluding hydrogens is 276 g/mol. The highest BCUT2D eigenvalue weighted by molar-refractivity contribution is 7.99. The molecule has 18 heavy (non-hydrogen) atoms. The number of nitrogens with one attached hydrogen (secondary N) is 1. The van der Waals surface area contributed by atoms with Gasteiger partial charge in [-0.2, -0.15) is 11.8 Å². The fourth-order valence-corrected chi connectivity index (χ4v) is 2.15. The average molecular weight is 290 g/mol. The van der Waals surface area contributed by atoms with E-state index in [0.717, 1.165) is 0 Å². The molecule has 100 valence electrons. The Morgan fingerprint density at radius 1 is 1.50 bits per heavy atom. The van der Waals surface area contributed by atoms with Gasteiger partial charge in [-0.15, -0.1) is 0 Å². The zero-order chi connectivity index (χ0) is 13.8. The molecule has 3 N–H and O–H groups in total. The normalized spacial score (nSPS) is 11.1. The lowest BCUT2D eigenvalue weighted by Crippen LogP contribution is -2.16. The molecular formula is C10H14N2O4S2. The first-order valence-corrected chi connectivity index (χ1v) is 7.82. The molecule has 0 spiro atoms. The maximum atomic E-state index is 11.5. The Hall–Kier alpha value is -1.25. The van der Waals surface area contributed by atoms with E-state index in [4.69, 9.17) is 9.88 Å². The molecule has 0 aliphatic heterocycles. The minimum Gasteiger partial charge on any atom is -0.495 e. The number of sulfonamides is 1. The highest BCUT2D eigenvalue weighted by Crippen LogP contribution is 2.27. The Bertz CT molecular complexity index is 543. The van der Waals surface area contributed by atoms with E-state index in [1.54, 1.807) is 6.26 Å². The highest BCUT2D eigenvalue weighted by atomic mass is 32.2. The third kappa shape index (κ3) is 3.90. The van der Waals surface area contributed by atoms with Gasteiger partial charge in [-0.3, -0.25) is 4.79 Å². The minimum atomic E-state index is -3.81. The van der Waals surface area contributed by atoms with Crippen LogP contribution in [0.4, 0.5) is 5.69 Å². The largest absolute Gasteiger partial charge is 0.495 e. The number of hydrogen-bond donors (Lipinski definition) is 2. The maximum Gasteiger partial charge on any atom is 0.238 e. The van der Waals surface area contributed by atoms with Crippen LogP contribution in [0.5, 0.6) is 5.75 Å². The molecule has 0 heterocycles. The number of methoxy groups -OCH3 is 1. The number of rotatable bonds is 5. The van der Waals surface area contributed by atoms with Gasteiger partial charge in [0.15, 0.2) is 0 Å². The van der Waals surface area contributed by atoms with Gasteiger partial charge < -0.3 is 10.1 Å². The zero-order valence-corrected chi connectivity index (χ0v) is 11.6. The second kappa shape index (κ2) is 6.07. The van der Waals surface area contributed by atoms with Gasteiger partial charge in [0.2, 0.25) is 15.9 Å². The van der Waals surface area contributed by atoms with Crippen molar-refractivity contribution in [2.24, 2.45) is 5.14 Å². The Balaban J connectivity index is 3.11. The predicted molar refractivity (Wildman–Crippen MR) is 71.4 cm³/mol. The molecule has 0 aliphatic carbocycles. The maximum absolute atomic E-state index is 11.5. The van der Waals surface area contributed by atoms with Crippen molar-refractivity contribution in [3.05, 3.63) is 18.2 Å². The van der Waals surface area contributed by atoms with Crippen LogP contribution >= 0.6 is 11.8 Å². The lowest BCUT2D eigenvalue weighted by atomic mass is 10.3. The van der Waals surface area contributed by atoms with Gasteiger partial charge in [-0.25, -0.2) is 13.6 Å². The zero-order valence-electron chi connectivity index (χ0n) is 9.97. The number of primary sulfonamides is 1. The van der Waals surface area contributed by atoms with Gasteiger partial charge in [0.1, 0.15) is 5.75 Å². The van der Waals surface area contributed by atoms with Crippen LogP contribution in [0.1, 0.15) is 0 Å². The van der Waals surface area contributed by atoms with Crippen LogP contribution in [-0.2, 0) is 14.8 Å². The molecule has 0 atom stereocenters. The summed E-state index contributed by atoms with van der Waals surface area (Å²) in [6, 6.07) is 4.03. The summed E-state index contributed by atoms with van der Waals surface area (Å²) in [6.45, 7) is 0. The van der Waals surface area contributed by atoms with Crippen LogP contribution in [-0.4, -0.2) is 33.4 Å². The summed E-state index contributed by atoms with van der Waals surface area (Å²) in [5, 5.41) is 7.59. The number of carbonyl (C=O) groups is 1. The van der Waals surface area contributed by atoms with E-state index in [-0.39, 0.29) is 22.2 Å². The van der Waals surface area contributed by atoms with Crippen molar-refractivity contribution in [1.29, 1.82) is 0 Å². The lowest BCUT2D eigenvalue weighted by Gasteiger charge is -2.11. The molecule has 0 aliphatic rings. The van der Waals surface area contributed by atoms with E-state index in [9.17, 15) is 13.2 Å². The van der Waals surface area contributed by atoms with Gasteiger partial charge in [-0.05, 0) is 24.5 Å². The van der Waals surface area contributed by atoms with Gasteiger partial charge in [0.25, 0.3) is 0 Å². The topological polar surface area (TPSA) is 98.5 Å². The third-order valence-electron chi connectivity index (χ3n) is 2.05. The molecule has 1 aromatic rings. The van der Waals surface area contributed by atoms with Crippen LogP contribution in [0.15, 0.2) is 23.1 Å². The van der Waals surface area contributed by atoms with Gasteiger partial charge in [0, 0.05) is 0 Å². The Morgan fingerprint density at radius 2 is 2.17 bits per heavy atom. The summed E-state index contributed by atoms with van der Waals surface area (Å²) in [5.74, 6) is 0.396. The molecule has 0 unspecified atom stereocenters. The predicted octanol–water partition coefficient (Wildman–Crippen LogP) is 0.644. The average Bonchev–Trinajstić information content (AvgIpc) is 2.28. The summed E-state index contributed by atoms with van der Waals surface area (Å²) >= 11 is 1.36. The van der Waals surface area contributed by atoms with Crippen LogP contribution < -0.4 is 15.2 Å². The number of anilines is 1.